The van der Waals surface area contributed by atoms with Crippen molar-refractivity contribution in [2.75, 3.05) is 13.7 Å². The van der Waals surface area contributed by atoms with Crippen molar-refractivity contribution >= 4 is 10.0 Å². The van der Waals surface area contributed by atoms with E-state index in [2.05, 4.69) is 0 Å². The normalized spacial score (nSPS) is 12.4. The van der Waals surface area contributed by atoms with Gasteiger partial charge in [-0.15, -0.1) is 0 Å². The first-order valence-electron chi connectivity index (χ1n) is 5.36. The first kappa shape index (κ1) is 14.6. The molecule has 1 N–H and O–H groups in total. The third-order valence-corrected chi connectivity index (χ3v) is 4.96. The molecule has 0 bridgehead atoms. The van der Waals surface area contributed by atoms with Crippen LogP contribution < -0.4 is 0 Å². The number of nitrogens with zero attached hydrogens (tertiary/aromatic N) is 2. The zero-order valence-corrected chi connectivity index (χ0v) is 11.4. The summed E-state index contributed by atoms with van der Waals surface area (Å²) in [4.78, 5) is 0.102. The molecule has 18 heavy (non-hydrogen) atoms. The van der Waals surface area contributed by atoms with Gasteiger partial charge in [-0.3, -0.25) is 0 Å². The minimum Gasteiger partial charge on any atom is -0.394 e. The van der Waals surface area contributed by atoms with Crippen LogP contribution in [0.5, 0.6) is 0 Å². The first-order chi connectivity index (χ1) is 8.25. The Kier molecular flexibility index (Phi) is 4.12. The molecule has 0 saturated heterocycles. The van der Waals surface area contributed by atoms with Crippen molar-refractivity contribution in [1.82, 2.24) is 4.31 Å². The maximum absolute atomic E-state index is 12.3. The summed E-state index contributed by atoms with van der Waals surface area (Å²) in [7, 11) is -2.25. The summed E-state index contributed by atoms with van der Waals surface area (Å²) >= 11 is 0. The Morgan fingerprint density at radius 3 is 2.22 bits per heavy atom. The Morgan fingerprint density at radius 1 is 1.33 bits per heavy atom. The summed E-state index contributed by atoms with van der Waals surface area (Å²) in [5.74, 6) is 0. The number of rotatable bonds is 4. The molecule has 0 spiro atoms. The number of likely N-dealkylation sites (N-methyl/N-ethyl adjacent to an activating group) is 1. The monoisotopic (exact) mass is 268 g/mol. The number of sulfonamides is 1. The average Bonchev–Trinajstić information content (AvgIpc) is 2.37. The lowest BCUT2D eigenvalue weighted by Gasteiger charge is -2.32. The Balaban J connectivity index is 3.18. The molecule has 0 aliphatic carbocycles. The largest absolute Gasteiger partial charge is 0.394 e. The van der Waals surface area contributed by atoms with Gasteiger partial charge in [-0.2, -0.15) is 9.57 Å². The van der Waals surface area contributed by atoms with Crippen LogP contribution in [0.3, 0.4) is 0 Å². The zero-order chi connectivity index (χ0) is 14.0. The predicted octanol–water partition coefficient (Wildman–Crippen LogP) is 0.950. The van der Waals surface area contributed by atoms with E-state index in [1.54, 1.807) is 13.8 Å². The highest BCUT2D eigenvalue weighted by Crippen LogP contribution is 2.22. The van der Waals surface area contributed by atoms with E-state index in [-0.39, 0.29) is 11.5 Å². The smallest absolute Gasteiger partial charge is 0.243 e. The van der Waals surface area contributed by atoms with Gasteiger partial charge in [0.05, 0.1) is 28.7 Å². The van der Waals surface area contributed by atoms with E-state index < -0.39 is 15.6 Å². The van der Waals surface area contributed by atoms with Crippen LogP contribution in [0.15, 0.2) is 29.2 Å². The van der Waals surface area contributed by atoms with Gasteiger partial charge in [-0.05, 0) is 38.1 Å². The van der Waals surface area contributed by atoms with Gasteiger partial charge in [-0.1, -0.05) is 0 Å². The maximum atomic E-state index is 12.3. The van der Waals surface area contributed by atoms with Gasteiger partial charge in [0.25, 0.3) is 0 Å². The fraction of sp³-hybridized carbons (Fsp3) is 0.417. The van der Waals surface area contributed by atoms with E-state index in [0.29, 0.717) is 5.56 Å². The molecule has 98 valence electrons. The van der Waals surface area contributed by atoms with Gasteiger partial charge in [0.1, 0.15) is 0 Å². The molecule has 0 aliphatic rings. The molecule has 0 heterocycles. The lowest BCUT2D eigenvalue weighted by atomic mass is 10.1. The highest BCUT2D eigenvalue weighted by Gasteiger charge is 2.33. The summed E-state index contributed by atoms with van der Waals surface area (Å²) in [6.45, 7) is 2.99. The predicted molar refractivity (Wildman–Crippen MR) is 67.3 cm³/mol. The maximum Gasteiger partial charge on any atom is 0.243 e. The van der Waals surface area contributed by atoms with E-state index in [1.165, 1.54) is 31.3 Å². The lowest BCUT2D eigenvalue weighted by molar-refractivity contribution is 0.138. The van der Waals surface area contributed by atoms with Crippen molar-refractivity contribution in [3.05, 3.63) is 29.8 Å². The summed E-state index contributed by atoms with van der Waals surface area (Å²) in [5, 5.41) is 17.9. The third kappa shape index (κ3) is 2.70. The van der Waals surface area contributed by atoms with Crippen molar-refractivity contribution in [3.63, 3.8) is 0 Å². The molecule has 0 fully saturated rings. The van der Waals surface area contributed by atoms with E-state index in [9.17, 15) is 13.5 Å². The number of aliphatic hydroxyl groups excluding tert-OH is 1. The van der Waals surface area contributed by atoms with E-state index >= 15 is 0 Å². The van der Waals surface area contributed by atoms with Crippen molar-refractivity contribution in [1.29, 1.82) is 5.26 Å². The zero-order valence-electron chi connectivity index (χ0n) is 10.6. The first-order valence-corrected chi connectivity index (χ1v) is 6.80. The molecule has 0 atom stereocenters. The quantitative estimate of drug-likeness (QED) is 0.881. The van der Waals surface area contributed by atoms with Crippen molar-refractivity contribution < 1.29 is 13.5 Å². The second-order valence-electron chi connectivity index (χ2n) is 4.58. The fourth-order valence-electron chi connectivity index (χ4n) is 1.28. The molecule has 0 radical (unpaired) electrons. The van der Waals surface area contributed by atoms with Crippen molar-refractivity contribution in [2.45, 2.75) is 24.3 Å². The number of hydrogen-bond donors (Lipinski definition) is 1. The molecule has 0 aromatic heterocycles. The second kappa shape index (κ2) is 5.06. The van der Waals surface area contributed by atoms with Gasteiger partial charge in [0, 0.05) is 7.05 Å². The van der Waals surface area contributed by atoms with Gasteiger partial charge in [0.2, 0.25) is 10.0 Å². The van der Waals surface area contributed by atoms with Crippen molar-refractivity contribution in [3.8, 4) is 6.07 Å². The van der Waals surface area contributed by atoms with Crippen LogP contribution in [0.4, 0.5) is 0 Å². The SMILES string of the molecule is CN(C(C)(C)CO)S(=O)(=O)c1ccc(C#N)cc1. The minimum atomic E-state index is -3.67. The summed E-state index contributed by atoms with van der Waals surface area (Å²) < 4.78 is 25.7. The van der Waals surface area contributed by atoms with Crippen LogP contribution in [0.2, 0.25) is 0 Å². The second-order valence-corrected chi connectivity index (χ2v) is 6.55. The number of benzene rings is 1. The Morgan fingerprint density at radius 2 is 1.83 bits per heavy atom. The highest BCUT2D eigenvalue weighted by molar-refractivity contribution is 7.89. The number of aliphatic hydroxyl groups is 1. The summed E-state index contributed by atoms with van der Waals surface area (Å²) in [6, 6.07) is 7.60. The van der Waals surface area contributed by atoms with Crippen LogP contribution >= 0.6 is 0 Å². The molecule has 0 saturated carbocycles. The Hall–Kier alpha value is -1.42. The molecule has 6 heteroatoms. The van der Waals surface area contributed by atoms with E-state index in [4.69, 9.17) is 5.26 Å². The molecule has 0 unspecified atom stereocenters. The van der Waals surface area contributed by atoms with Crippen LogP contribution in [0.25, 0.3) is 0 Å². The van der Waals surface area contributed by atoms with E-state index in [0.717, 1.165) is 4.31 Å². The van der Waals surface area contributed by atoms with Crippen LogP contribution in [0, 0.1) is 11.3 Å². The average molecular weight is 268 g/mol. The molecule has 5 nitrogen and oxygen atoms in total. The fourth-order valence-corrected chi connectivity index (χ4v) is 2.79. The molecule has 0 aliphatic heterocycles. The summed E-state index contributed by atoms with van der Waals surface area (Å²) in [6.07, 6.45) is 0. The summed E-state index contributed by atoms with van der Waals surface area (Å²) in [5.41, 5.74) is -0.481. The highest BCUT2D eigenvalue weighted by atomic mass is 32.2. The number of nitriles is 1. The molecule has 1 aromatic rings. The molecule has 1 rings (SSSR count). The van der Waals surface area contributed by atoms with Gasteiger partial charge >= 0.3 is 0 Å². The van der Waals surface area contributed by atoms with Crippen LogP contribution in [0.1, 0.15) is 19.4 Å². The topological polar surface area (TPSA) is 81.4 Å². The molecule has 0 amide bonds. The molecule has 1 aromatic carbocycles. The van der Waals surface area contributed by atoms with Gasteiger partial charge in [-0.25, -0.2) is 8.42 Å². The lowest BCUT2D eigenvalue weighted by Crippen LogP contribution is -2.47. The number of hydrogen-bond acceptors (Lipinski definition) is 4. The van der Waals surface area contributed by atoms with Gasteiger partial charge in [0.15, 0.2) is 0 Å². The van der Waals surface area contributed by atoms with Gasteiger partial charge < -0.3 is 5.11 Å². The third-order valence-electron chi connectivity index (χ3n) is 2.88. The van der Waals surface area contributed by atoms with Crippen LogP contribution in [-0.2, 0) is 10.0 Å². The minimum absolute atomic E-state index is 0.102. The molecular weight excluding hydrogens is 252 g/mol. The molecular formula is C12H16N2O3S. The Labute approximate surface area is 107 Å². The Bertz CT molecular complexity index is 556. The van der Waals surface area contributed by atoms with E-state index in [1.807, 2.05) is 6.07 Å². The standard InChI is InChI=1S/C12H16N2O3S/c1-12(2,9-15)14(3)18(16,17)11-6-4-10(8-13)5-7-11/h4-7,15H,9H2,1-3H3. The van der Waals surface area contributed by atoms with Crippen molar-refractivity contribution in [2.24, 2.45) is 0 Å². The van der Waals surface area contributed by atoms with Crippen LogP contribution in [-0.4, -0.2) is 37.0 Å².